The largest absolute Gasteiger partial charge is 0.310 e. The zero-order chi connectivity index (χ0) is 11.6. The number of piperidine rings is 1. The Kier molecular flexibility index (Phi) is 4.98. The maximum atomic E-state index is 11.3. The van der Waals surface area contributed by atoms with Crippen LogP contribution >= 0.6 is 12.4 Å². The van der Waals surface area contributed by atoms with Crippen LogP contribution in [0, 0.1) is 0 Å². The highest BCUT2D eigenvalue weighted by Gasteiger charge is 2.15. The number of rotatable bonds is 2. The molecule has 0 amide bonds. The first-order valence-electron chi connectivity index (χ1n) is 5.61. The van der Waals surface area contributed by atoms with E-state index in [0.29, 0.717) is 10.9 Å². The Bertz CT molecular complexity index is 450. The molecule has 1 aromatic rings. The second kappa shape index (κ2) is 5.85. The Labute approximate surface area is 109 Å². The third-order valence-corrected chi connectivity index (χ3v) is 4.15. The summed E-state index contributed by atoms with van der Waals surface area (Å²) >= 11 is 0. The van der Waals surface area contributed by atoms with E-state index in [2.05, 4.69) is 5.32 Å². The van der Waals surface area contributed by atoms with E-state index in [0.717, 1.165) is 13.0 Å². The lowest BCUT2D eigenvalue weighted by Gasteiger charge is -2.23. The van der Waals surface area contributed by atoms with Gasteiger partial charge in [0.1, 0.15) is 0 Å². The number of halogens is 1. The van der Waals surface area contributed by atoms with E-state index in [1.165, 1.54) is 24.7 Å². The topological polar surface area (TPSA) is 46.2 Å². The lowest BCUT2D eigenvalue weighted by Crippen LogP contribution is -2.26. The van der Waals surface area contributed by atoms with E-state index < -0.39 is 9.84 Å². The fraction of sp³-hybridized carbons (Fsp3) is 0.500. The molecule has 1 heterocycles. The summed E-state index contributed by atoms with van der Waals surface area (Å²) in [6, 6.07) is 7.61. The smallest absolute Gasteiger partial charge is 0.175 e. The number of hydrogen-bond donors (Lipinski definition) is 1. The predicted octanol–water partition coefficient (Wildman–Crippen LogP) is 2.33. The Balaban J connectivity index is 0.00000144. The number of hydrogen-bond acceptors (Lipinski definition) is 3. The molecule has 1 fully saturated rings. The molecule has 1 aliphatic rings. The van der Waals surface area contributed by atoms with Crippen molar-refractivity contribution in [2.45, 2.75) is 30.2 Å². The molecule has 2 rings (SSSR count). The second-order valence-corrected chi connectivity index (χ2v) is 6.36. The molecular formula is C12H18ClNO2S. The van der Waals surface area contributed by atoms with Crippen molar-refractivity contribution >= 4 is 22.2 Å². The Morgan fingerprint density at radius 3 is 2.29 bits per heavy atom. The molecule has 0 aromatic heterocycles. The summed E-state index contributed by atoms with van der Waals surface area (Å²) in [5.41, 5.74) is 1.19. The van der Waals surface area contributed by atoms with Gasteiger partial charge in [0.05, 0.1) is 4.90 Å². The van der Waals surface area contributed by atoms with Gasteiger partial charge in [0.15, 0.2) is 9.84 Å². The molecule has 0 radical (unpaired) electrons. The first kappa shape index (κ1) is 14.5. The Morgan fingerprint density at radius 2 is 1.82 bits per heavy atom. The molecule has 0 saturated carbocycles. The first-order valence-corrected chi connectivity index (χ1v) is 7.50. The minimum absolute atomic E-state index is 0. The number of benzene rings is 1. The van der Waals surface area contributed by atoms with Crippen LogP contribution in [-0.2, 0) is 9.84 Å². The Morgan fingerprint density at radius 1 is 1.18 bits per heavy atom. The van der Waals surface area contributed by atoms with Crippen molar-refractivity contribution in [3.8, 4) is 0 Å². The molecule has 1 saturated heterocycles. The summed E-state index contributed by atoms with van der Waals surface area (Å²) in [5, 5.41) is 3.44. The van der Waals surface area contributed by atoms with E-state index in [4.69, 9.17) is 0 Å². The molecule has 0 spiro atoms. The first-order chi connectivity index (χ1) is 7.57. The fourth-order valence-corrected chi connectivity index (χ4v) is 2.71. The Hall–Kier alpha value is -0.580. The second-order valence-electron chi connectivity index (χ2n) is 4.34. The van der Waals surface area contributed by atoms with Crippen molar-refractivity contribution in [3.05, 3.63) is 29.8 Å². The summed E-state index contributed by atoms with van der Waals surface area (Å²) in [7, 11) is -3.07. The van der Waals surface area contributed by atoms with Crippen LogP contribution in [0.15, 0.2) is 29.2 Å². The molecule has 0 bridgehead atoms. The predicted molar refractivity (Wildman–Crippen MR) is 71.4 cm³/mol. The highest BCUT2D eigenvalue weighted by Crippen LogP contribution is 2.23. The molecule has 5 heteroatoms. The van der Waals surface area contributed by atoms with Gasteiger partial charge >= 0.3 is 0 Å². The van der Waals surface area contributed by atoms with Gasteiger partial charge in [0, 0.05) is 12.3 Å². The van der Waals surface area contributed by atoms with Gasteiger partial charge in [-0.15, -0.1) is 12.4 Å². The van der Waals surface area contributed by atoms with Crippen molar-refractivity contribution in [2.24, 2.45) is 0 Å². The summed E-state index contributed by atoms with van der Waals surface area (Å²) in [6.45, 7) is 1.05. The van der Waals surface area contributed by atoms with Gasteiger partial charge in [-0.25, -0.2) is 8.42 Å². The minimum atomic E-state index is -3.07. The lowest BCUT2D eigenvalue weighted by molar-refractivity contribution is 0.412. The standard InChI is InChI=1S/C12H17NO2S.ClH/c1-16(14,15)11-7-5-10(6-8-11)12-4-2-3-9-13-12;/h5-8,12-13H,2-4,9H2,1H3;1H/t12-;/m0./s1. The zero-order valence-corrected chi connectivity index (χ0v) is 11.5. The van der Waals surface area contributed by atoms with Gasteiger partial charge < -0.3 is 5.32 Å². The summed E-state index contributed by atoms with van der Waals surface area (Å²) in [4.78, 5) is 0.395. The molecule has 1 atom stereocenters. The highest BCUT2D eigenvalue weighted by atomic mass is 35.5. The third-order valence-electron chi connectivity index (χ3n) is 3.02. The molecule has 3 nitrogen and oxygen atoms in total. The monoisotopic (exact) mass is 275 g/mol. The van der Waals surface area contributed by atoms with Crippen molar-refractivity contribution in [1.29, 1.82) is 0 Å². The van der Waals surface area contributed by atoms with E-state index in [1.807, 2.05) is 12.1 Å². The van der Waals surface area contributed by atoms with Gasteiger partial charge in [-0.1, -0.05) is 18.6 Å². The van der Waals surface area contributed by atoms with E-state index in [-0.39, 0.29) is 12.4 Å². The van der Waals surface area contributed by atoms with Crippen LogP contribution in [0.3, 0.4) is 0 Å². The molecule has 17 heavy (non-hydrogen) atoms. The van der Waals surface area contributed by atoms with E-state index in [1.54, 1.807) is 12.1 Å². The third kappa shape index (κ3) is 3.69. The van der Waals surface area contributed by atoms with Crippen molar-refractivity contribution < 1.29 is 8.42 Å². The SMILES string of the molecule is CS(=O)(=O)c1ccc([C@@H]2CCCCN2)cc1.Cl. The molecule has 0 aliphatic carbocycles. The maximum Gasteiger partial charge on any atom is 0.175 e. The van der Waals surface area contributed by atoms with Crippen LogP contribution in [0.25, 0.3) is 0 Å². The molecular weight excluding hydrogens is 258 g/mol. The van der Waals surface area contributed by atoms with Crippen LogP contribution in [0.2, 0.25) is 0 Å². The average Bonchev–Trinajstić information content (AvgIpc) is 2.29. The minimum Gasteiger partial charge on any atom is -0.310 e. The quantitative estimate of drug-likeness (QED) is 0.901. The van der Waals surface area contributed by atoms with Crippen LogP contribution in [0.5, 0.6) is 0 Å². The fourth-order valence-electron chi connectivity index (χ4n) is 2.08. The zero-order valence-electron chi connectivity index (χ0n) is 9.85. The van der Waals surface area contributed by atoms with Crippen LogP contribution in [0.4, 0.5) is 0 Å². The number of nitrogens with one attached hydrogen (secondary N) is 1. The van der Waals surface area contributed by atoms with Crippen molar-refractivity contribution in [3.63, 3.8) is 0 Å². The summed E-state index contributed by atoms with van der Waals surface area (Å²) < 4.78 is 22.6. The van der Waals surface area contributed by atoms with Crippen LogP contribution in [-0.4, -0.2) is 21.2 Å². The molecule has 0 unspecified atom stereocenters. The molecule has 1 aliphatic heterocycles. The average molecular weight is 276 g/mol. The highest BCUT2D eigenvalue weighted by molar-refractivity contribution is 7.90. The molecule has 96 valence electrons. The summed E-state index contributed by atoms with van der Waals surface area (Å²) in [6.07, 6.45) is 4.85. The summed E-state index contributed by atoms with van der Waals surface area (Å²) in [5.74, 6) is 0. The maximum absolute atomic E-state index is 11.3. The molecule has 1 N–H and O–H groups in total. The van der Waals surface area contributed by atoms with Gasteiger partial charge in [0.2, 0.25) is 0 Å². The van der Waals surface area contributed by atoms with E-state index in [9.17, 15) is 8.42 Å². The van der Waals surface area contributed by atoms with Crippen LogP contribution < -0.4 is 5.32 Å². The molecule has 1 aromatic carbocycles. The number of sulfone groups is 1. The van der Waals surface area contributed by atoms with Crippen molar-refractivity contribution in [2.75, 3.05) is 12.8 Å². The normalized spacial score (nSPS) is 20.6. The van der Waals surface area contributed by atoms with Gasteiger partial charge in [-0.05, 0) is 37.1 Å². The lowest BCUT2D eigenvalue weighted by atomic mass is 9.98. The van der Waals surface area contributed by atoms with Gasteiger partial charge in [0.25, 0.3) is 0 Å². The van der Waals surface area contributed by atoms with Gasteiger partial charge in [-0.2, -0.15) is 0 Å². The van der Waals surface area contributed by atoms with Crippen molar-refractivity contribution in [1.82, 2.24) is 5.32 Å². The van der Waals surface area contributed by atoms with Crippen LogP contribution in [0.1, 0.15) is 30.9 Å². The van der Waals surface area contributed by atoms with Gasteiger partial charge in [-0.3, -0.25) is 0 Å². The van der Waals surface area contributed by atoms with E-state index >= 15 is 0 Å².